The van der Waals surface area contributed by atoms with Gasteiger partial charge in [-0.25, -0.2) is 4.68 Å². The third-order valence-electron chi connectivity index (χ3n) is 4.18. The molecule has 0 unspecified atom stereocenters. The van der Waals surface area contributed by atoms with Gasteiger partial charge in [0.25, 0.3) is 5.91 Å². The van der Waals surface area contributed by atoms with Crippen molar-refractivity contribution in [2.24, 2.45) is 5.92 Å². The summed E-state index contributed by atoms with van der Waals surface area (Å²) in [5, 5.41) is 14.6. The van der Waals surface area contributed by atoms with Crippen molar-refractivity contribution in [1.82, 2.24) is 25.6 Å². The first kappa shape index (κ1) is 17.1. The first-order valence-corrected chi connectivity index (χ1v) is 9.12. The number of aromatic nitrogens is 3. The van der Waals surface area contributed by atoms with Gasteiger partial charge in [0, 0.05) is 30.0 Å². The average Bonchev–Trinajstić information content (AvgIpc) is 2.89. The van der Waals surface area contributed by atoms with Gasteiger partial charge in [-0.1, -0.05) is 46.6 Å². The van der Waals surface area contributed by atoms with E-state index in [4.69, 9.17) is 0 Å². The van der Waals surface area contributed by atoms with E-state index in [1.54, 1.807) is 0 Å². The Labute approximate surface area is 150 Å². The Morgan fingerprint density at radius 1 is 1.46 bits per heavy atom. The Morgan fingerprint density at radius 3 is 2.96 bits per heavy atom. The molecule has 1 amide bonds. The van der Waals surface area contributed by atoms with E-state index in [0.717, 1.165) is 41.7 Å². The quantitative estimate of drug-likeness (QED) is 0.756. The second-order valence-corrected chi connectivity index (χ2v) is 7.07. The number of hydrogen-bond donors (Lipinski definition) is 2. The molecule has 2 heterocycles. The predicted molar refractivity (Wildman–Crippen MR) is 96.0 cm³/mol. The van der Waals surface area contributed by atoms with Crippen LogP contribution in [-0.4, -0.2) is 40.5 Å². The number of nitrogens with one attached hydrogen (secondary N) is 2. The maximum atomic E-state index is 12.4. The zero-order valence-corrected chi connectivity index (χ0v) is 15.3. The second kappa shape index (κ2) is 7.90. The Hall–Kier alpha value is -1.73. The van der Waals surface area contributed by atoms with E-state index in [2.05, 4.69) is 49.9 Å². The van der Waals surface area contributed by atoms with Gasteiger partial charge in [-0.3, -0.25) is 4.79 Å². The highest BCUT2D eigenvalue weighted by Crippen LogP contribution is 2.15. The first-order valence-electron chi connectivity index (χ1n) is 8.33. The number of amides is 1. The molecule has 1 saturated heterocycles. The fraction of sp³-hybridized carbons (Fsp3) is 0.471. The number of nitrogens with zero attached hydrogens (tertiary/aromatic N) is 3. The second-order valence-electron chi connectivity index (χ2n) is 6.16. The van der Waals surface area contributed by atoms with Gasteiger partial charge in [-0.15, -0.1) is 5.10 Å². The van der Waals surface area contributed by atoms with E-state index < -0.39 is 0 Å². The standard InChI is InChI=1S/C17H22BrN5O/c1-2-4-15-16(17(24)20-10-13-8-19-9-13)21-22-23(15)11-12-5-3-6-14(18)7-12/h3,5-7,13,19H,2,4,8-11H2,1H3,(H,20,24). The van der Waals surface area contributed by atoms with Crippen LogP contribution in [0, 0.1) is 5.92 Å². The lowest BCUT2D eigenvalue weighted by atomic mass is 10.0. The molecule has 128 valence electrons. The van der Waals surface area contributed by atoms with Crippen molar-refractivity contribution in [3.05, 3.63) is 45.7 Å². The lowest BCUT2D eigenvalue weighted by molar-refractivity contribution is 0.0936. The van der Waals surface area contributed by atoms with Crippen LogP contribution in [-0.2, 0) is 13.0 Å². The third-order valence-corrected chi connectivity index (χ3v) is 4.67. The van der Waals surface area contributed by atoms with Gasteiger partial charge in [0.1, 0.15) is 0 Å². The summed E-state index contributed by atoms with van der Waals surface area (Å²) in [5.74, 6) is 0.408. The topological polar surface area (TPSA) is 71.8 Å². The van der Waals surface area contributed by atoms with Crippen LogP contribution in [0.4, 0.5) is 0 Å². The molecule has 0 radical (unpaired) electrons. The summed E-state index contributed by atoms with van der Waals surface area (Å²) in [6, 6.07) is 8.09. The predicted octanol–water partition coefficient (Wildman–Crippen LogP) is 1.99. The smallest absolute Gasteiger partial charge is 0.273 e. The van der Waals surface area contributed by atoms with E-state index in [0.29, 0.717) is 24.7 Å². The fourth-order valence-electron chi connectivity index (χ4n) is 2.74. The van der Waals surface area contributed by atoms with Gasteiger partial charge in [0.2, 0.25) is 0 Å². The number of carbonyl (C=O) groups excluding carboxylic acids is 1. The molecule has 24 heavy (non-hydrogen) atoms. The molecule has 1 aromatic heterocycles. The minimum atomic E-state index is -0.120. The van der Waals surface area contributed by atoms with Gasteiger partial charge in [0.05, 0.1) is 12.2 Å². The van der Waals surface area contributed by atoms with Crippen LogP contribution in [0.3, 0.4) is 0 Å². The van der Waals surface area contributed by atoms with Gasteiger partial charge in [0.15, 0.2) is 5.69 Å². The molecule has 2 N–H and O–H groups in total. The zero-order chi connectivity index (χ0) is 16.9. The van der Waals surface area contributed by atoms with Crippen LogP contribution in [0.1, 0.15) is 35.1 Å². The van der Waals surface area contributed by atoms with E-state index >= 15 is 0 Å². The minimum Gasteiger partial charge on any atom is -0.350 e. The molecule has 6 nitrogen and oxygen atoms in total. The molecular weight excluding hydrogens is 370 g/mol. The van der Waals surface area contributed by atoms with E-state index in [1.165, 1.54) is 0 Å². The summed E-state index contributed by atoms with van der Waals surface area (Å²) in [6.07, 6.45) is 1.73. The van der Waals surface area contributed by atoms with Gasteiger partial charge in [-0.05, 0) is 24.1 Å². The normalized spacial score (nSPS) is 14.4. The monoisotopic (exact) mass is 391 g/mol. The summed E-state index contributed by atoms with van der Waals surface area (Å²) in [6.45, 7) is 5.34. The van der Waals surface area contributed by atoms with Gasteiger partial charge in [-0.2, -0.15) is 0 Å². The Bertz CT molecular complexity index is 711. The lowest BCUT2D eigenvalue weighted by Crippen LogP contribution is -2.48. The number of rotatable bonds is 7. The average molecular weight is 392 g/mol. The number of halogens is 1. The van der Waals surface area contributed by atoms with E-state index in [9.17, 15) is 4.79 Å². The van der Waals surface area contributed by atoms with Crippen LogP contribution >= 0.6 is 15.9 Å². The molecule has 1 aliphatic heterocycles. The molecule has 3 rings (SSSR count). The highest BCUT2D eigenvalue weighted by molar-refractivity contribution is 9.10. The molecular formula is C17H22BrN5O. The molecule has 0 bridgehead atoms. The Kier molecular flexibility index (Phi) is 5.63. The van der Waals surface area contributed by atoms with Crippen LogP contribution in [0.2, 0.25) is 0 Å². The molecule has 2 aromatic rings. The molecule has 0 spiro atoms. The summed E-state index contributed by atoms with van der Waals surface area (Å²) < 4.78 is 2.87. The van der Waals surface area contributed by atoms with Gasteiger partial charge < -0.3 is 10.6 Å². The van der Waals surface area contributed by atoms with Crippen molar-refractivity contribution < 1.29 is 4.79 Å². The van der Waals surface area contributed by atoms with Crippen LogP contribution in [0.25, 0.3) is 0 Å². The van der Waals surface area contributed by atoms with Crippen LogP contribution < -0.4 is 10.6 Å². The largest absolute Gasteiger partial charge is 0.350 e. The molecule has 0 aliphatic carbocycles. The highest BCUT2D eigenvalue weighted by atomic mass is 79.9. The van der Waals surface area contributed by atoms with Crippen LogP contribution in [0.15, 0.2) is 28.7 Å². The summed E-state index contributed by atoms with van der Waals surface area (Å²) in [7, 11) is 0. The Morgan fingerprint density at radius 2 is 2.29 bits per heavy atom. The van der Waals surface area contributed by atoms with E-state index in [-0.39, 0.29) is 5.91 Å². The number of hydrogen-bond acceptors (Lipinski definition) is 4. The molecule has 1 aliphatic rings. The third kappa shape index (κ3) is 4.02. The number of carbonyl (C=O) groups is 1. The van der Waals surface area contributed by atoms with Crippen molar-refractivity contribution in [2.45, 2.75) is 26.3 Å². The SMILES string of the molecule is CCCc1c(C(=O)NCC2CNC2)nnn1Cc1cccc(Br)c1. The zero-order valence-electron chi connectivity index (χ0n) is 13.8. The van der Waals surface area contributed by atoms with Crippen molar-refractivity contribution in [3.8, 4) is 0 Å². The highest BCUT2D eigenvalue weighted by Gasteiger charge is 2.22. The fourth-order valence-corrected chi connectivity index (χ4v) is 3.19. The molecule has 7 heteroatoms. The summed E-state index contributed by atoms with van der Waals surface area (Å²) >= 11 is 3.49. The van der Waals surface area contributed by atoms with E-state index in [1.807, 2.05) is 22.9 Å². The van der Waals surface area contributed by atoms with Crippen molar-refractivity contribution >= 4 is 21.8 Å². The molecule has 1 aromatic carbocycles. The Balaban J connectivity index is 1.74. The molecule has 1 fully saturated rings. The summed E-state index contributed by atoms with van der Waals surface area (Å²) in [4.78, 5) is 12.4. The van der Waals surface area contributed by atoms with Crippen molar-refractivity contribution in [1.29, 1.82) is 0 Å². The van der Waals surface area contributed by atoms with Gasteiger partial charge >= 0.3 is 0 Å². The summed E-state index contributed by atoms with van der Waals surface area (Å²) in [5.41, 5.74) is 2.49. The first-order chi connectivity index (χ1) is 11.7. The number of benzene rings is 1. The minimum absolute atomic E-state index is 0.120. The maximum Gasteiger partial charge on any atom is 0.273 e. The lowest BCUT2D eigenvalue weighted by Gasteiger charge is -2.26. The van der Waals surface area contributed by atoms with Crippen molar-refractivity contribution in [3.63, 3.8) is 0 Å². The van der Waals surface area contributed by atoms with Crippen LogP contribution in [0.5, 0.6) is 0 Å². The maximum absolute atomic E-state index is 12.4. The molecule has 0 atom stereocenters. The molecule has 0 saturated carbocycles. The van der Waals surface area contributed by atoms with Crippen molar-refractivity contribution in [2.75, 3.05) is 19.6 Å².